The van der Waals surface area contributed by atoms with Crippen molar-refractivity contribution >= 4 is 17.8 Å². The molecule has 0 radical (unpaired) electrons. The number of carboxylic acid groups (broad SMARTS) is 1. The number of hydrogen-bond acceptors (Lipinski definition) is 4. The number of morpholine rings is 1. The number of carbonyl (C=O) groups excluding carboxylic acids is 2. The maximum atomic E-state index is 11.6. The number of carboxylic acids is 1. The predicted octanol–water partition coefficient (Wildman–Crippen LogP) is -1.17. The van der Waals surface area contributed by atoms with Gasteiger partial charge in [-0.2, -0.15) is 0 Å². The topological polar surface area (TPSA) is 95.9 Å². The molecule has 1 rings (SSSR count). The fourth-order valence-corrected chi connectivity index (χ4v) is 1.48. The van der Waals surface area contributed by atoms with Crippen molar-refractivity contribution in [1.29, 1.82) is 0 Å². The van der Waals surface area contributed by atoms with E-state index in [-0.39, 0.29) is 18.9 Å². The van der Waals surface area contributed by atoms with Gasteiger partial charge in [-0.3, -0.25) is 14.4 Å². The van der Waals surface area contributed by atoms with Crippen LogP contribution in [0.1, 0.15) is 12.8 Å². The Bertz CT molecular complexity index is 299. The van der Waals surface area contributed by atoms with Gasteiger partial charge in [-0.25, -0.2) is 0 Å². The van der Waals surface area contributed by atoms with E-state index >= 15 is 0 Å². The molecule has 0 bridgehead atoms. The van der Waals surface area contributed by atoms with Crippen molar-refractivity contribution < 1.29 is 24.2 Å². The van der Waals surface area contributed by atoms with Crippen LogP contribution in [0.25, 0.3) is 0 Å². The van der Waals surface area contributed by atoms with E-state index in [4.69, 9.17) is 9.84 Å². The molecule has 7 nitrogen and oxygen atoms in total. The molecule has 0 unspecified atom stereocenters. The first-order valence-electron chi connectivity index (χ1n) is 5.43. The number of ether oxygens (including phenoxy) is 1. The Labute approximate surface area is 98.7 Å². The average molecular weight is 244 g/mol. The summed E-state index contributed by atoms with van der Waals surface area (Å²) in [5.41, 5.74) is 0. The zero-order chi connectivity index (χ0) is 12.7. The Morgan fingerprint density at radius 2 is 1.88 bits per heavy atom. The van der Waals surface area contributed by atoms with Crippen molar-refractivity contribution in [3.05, 3.63) is 0 Å². The standard InChI is InChI=1S/C10H16N2O5/c13-8(7-10(15)16)11-2-1-9(14)12-3-5-17-6-4-12/h1-7H2,(H,11,13)(H,15,16). The van der Waals surface area contributed by atoms with E-state index in [2.05, 4.69) is 5.32 Å². The summed E-state index contributed by atoms with van der Waals surface area (Å²) >= 11 is 0. The summed E-state index contributed by atoms with van der Waals surface area (Å²) in [7, 11) is 0. The molecule has 96 valence electrons. The molecule has 2 amide bonds. The van der Waals surface area contributed by atoms with Gasteiger partial charge in [0.05, 0.1) is 13.2 Å². The highest BCUT2D eigenvalue weighted by Crippen LogP contribution is 1.99. The summed E-state index contributed by atoms with van der Waals surface area (Å²) in [6.45, 7) is 2.39. The molecular formula is C10H16N2O5. The molecule has 7 heteroatoms. The van der Waals surface area contributed by atoms with Crippen molar-refractivity contribution in [3.63, 3.8) is 0 Å². The van der Waals surface area contributed by atoms with Gasteiger partial charge in [0, 0.05) is 26.1 Å². The summed E-state index contributed by atoms with van der Waals surface area (Å²) in [5, 5.41) is 10.7. The first-order chi connectivity index (χ1) is 8.09. The van der Waals surface area contributed by atoms with Crippen LogP contribution < -0.4 is 5.32 Å². The first kappa shape index (κ1) is 13.4. The predicted molar refractivity (Wildman–Crippen MR) is 57.3 cm³/mol. The monoisotopic (exact) mass is 244 g/mol. The smallest absolute Gasteiger partial charge is 0.312 e. The lowest BCUT2D eigenvalue weighted by molar-refractivity contribution is -0.140. The maximum absolute atomic E-state index is 11.6. The van der Waals surface area contributed by atoms with Gasteiger partial charge in [0.25, 0.3) is 0 Å². The molecule has 1 aliphatic heterocycles. The van der Waals surface area contributed by atoms with Gasteiger partial charge in [-0.1, -0.05) is 0 Å². The van der Waals surface area contributed by atoms with E-state index in [9.17, 15) is 14.4 Å². The molecule has 0 saturated carbocycles. The zero-order valence-corrected chi connectivity index (χ0v) is 9.48. The number of aliphatic carboxylic acids is 1. The second-order valence-electron chi connectivity index (χ2n) is 3.66. The lowest BCUT2D eigenvalue weighted by Gasteiger charge is -2.26. The third-order valence-corrected chi connectivity index (χ3v) is 2.34. The van der Waals surface area contributed by atoms with Gasteiger partial charge in [-0.15, -0.1) is 0 Å². The minimum absolute atomic E-state index is 0.0519. The van der Waals surface area contributed by atoms with Crippen molar-refractivity contribution in [2.75, 3.05) is 32.8 Å². The number of rotatable bonds is 5. The molecule has 0 spiro atoms. The normalized spacial score (nSPS) is 15.4. The van der Waals surface area contributed by atoms with Crippen LogP contribution >= 0.6 is 0 Å². The molecule has 0 aromatic rings. The summed E-state index contributed by atoms with van der Waals surface area (Å²) in [6, 6.07) is 0. The zero-order valence-electron chi connectivity index (χ0n) is 9.48. The Kier molecular flexibility index (Phi) is 5.41. The minimum atomic E-state index is -1.18. The van der Waals surface area contributed by atoms with Gasteiger partial charge in [-0.05, 0) is 0 Å². The lowest BCUT2D eigenvalue weighted by atomic mass is 10.3. The summed E-state index contributed by atoms with van der Waals surface area (Å²) in [5.74, 6) is -1.81. The van der Waals surface area contributed by atoms with E-state index in [0.717, 1.165) is 0 Å². The van der Waals surface area contributed by atoms with E-state index in [1.165, 1.54) is 0 Å². The van der Waals surface area contributed by atoms with Crippen LogP contribution in [0.2, 0.25) is 0 Å². The third kappa shape index (κ3) is 5.30. The van der Waals surface area contributed by atoms with Crippen LogP contribution in [0.15, 0.2) is 0 Å². The Morgan fingerprint density at radius 1 is 1.24 bits per heavy atom. The summed E-state index contributed by atoms with van der Waals surface area (Å²) in [4.78, 5) is 34.5. The van der Waals surface area contributed by atoms with Crippen LogP contribution in [-0.2, 0) is 19.1 Å². The molecule has 1 saturated heterocycles. The van der Waals surface area contributed by atoms with Crippen LogP contribution in [0.4, 0.5) is 0 Å². The first-order valence-corrected chi connectivity index (χ1v) is 5.43. The molecule has 0 aromatic carbocycles. The largest absolute Gasteiger partial charge is 0.481 e. The lowest BCUT2D eigenvalue weighted by Crippen LogP contribution is -2.42. The van der Waals surface area contributed by atoms with E-state index in [0.29, 0.717) is 26.3 Å². The van der Waals surface area contributed by atoms with Crippen molar-refractivity contribution in [1.82, 2.24) is 10.2 Å². The summed E-state index contributed by atoms with van der Waals surface area (Å²) in [6.07, 6.45) is -0.378. The van der Waals surface area contributed by atoms with E-state index < -0.39 is 18.3 Å². The van der Waals surface area contributed by atoms with Gasteiger partial charge in [0.2, 0.25) is 11.8 Å². The number of nitrogens with zero attached hydrogens (tertiary/aromatic N) is 1. The Balaban J connectivity index is 2.15. The van der Waals surface area contributed by atoms with E-state index in [1.54, 1.807) is 4.90 Å². The van der Waals surface area contributed by atoms with Gasteiger partial charge < -0.3 is 20.1 Å². The number of carbonyl (C=O) groups is 3. The molecule has 2 N–H and O–H groups in total. The molecule has 17 heavy (non-hydrogen) atoms. The van der Waals surface area contributed by atoms with Gasteiger partial charge in [0.15, 0.2) is 0 Å². The molecule has 0 aliphatic carbocycles. The molecule has 1 heterocycles. The van der Waals surface area contributed by atoms with Crippen LogP contribution in [0.5, 0.6) is 0 Å². The fraction of sp³-hybridized carbons (Fsp3) is 0.700. The average Bonchev–Trinajstić information content (AvgIpc) is 2.29. The number of hydrogen-bond donors (Lipinski definition) is 2. The molecule has 1 fully saturated rings. The van der Waals surface area contributed by atoms with Crippen molar-refractivity contribution in [3.8, 4) is 0 Å². The Hall–Kier alpha value is -1.63. The van der Waals surface area contributed by atoms with E-state index in [1.807, 2.05) is 0 Å². The SMILES string of the molecule is O=C(O)CC(=O)NCCC(=O)N1CCOCC1. The van der Waals surface area contributed by atoms with Gasteiger partial charge in [0.1, 0.15) is 6.42 Å². The molecule has 0 atom stereocenters. The fourth-order valence-electron chi connectivity index (χ4n) is 1.48. The quantitative estimate of drug-likeness (QED) is 0.594. The number of nitrogens with one attached hydrogen (secondary N) is 1. The summed E-state index contributed by atoms with van der Waals surface area (Å²) < 4.78 is 5.11. The Morgan fingerprint density at radius 3 is 2.47 bits per heavy atom. The molecule has 0 aromatic heterocycles. The molecule has 1 aliphatic rings. The number of amides is 2. The minimum Gasteiger partial charge on any atom is -0.481 e. The van der Waals surface area contributed by atoms with Crippen LogP contribution in [0.3, 0.4) is 0 Å². The molecular weight excluding hydrogens is 228 g/mol. The second-order valence-corrected chi connectivity index (χ2v) is 3.66. The highest BCUT2D eigenvalue weighted by molar-refractivity contribution is 5.93. The van der Waals surface area contributed by atoms with Crippen molar-refractivity contribution in [2.24, 2.45) is 0 Å². The van der Waals surface area contributed by atoms with Crippen LogP contribution in [0, 0.1) is 0 Å². The van der Waals surface area contributed by atoms with Crippen molar-refractivity contribution in [2.45, 2.75) is 12.8 Å². The third-order valence-electron chi connectivity index (χ3n) is 2.34. The highest BCUT2D eigenvalue weighted by atomic mass is 16.5. The van der Waals surface area contributed by atoms with Gasteiger partial charge >= 0.3 is 5.97 Å². The maximum Gasteiger partial charge on any atom is 0.312 e. The van der Waals surface area contributed by atoms with Crippen LogP contribution in [-0.4, -0.2) is 60.6 Å². The second kappa shape index (κ2) is 6.85. The highest BCUT2D eigenvalue weighted by Gasteiger charge is 2.16.